The summed E-state index contributed by atoms with van der Waals surface area (Å²) in [4.78, 5) is 32.4. The van der Waals surface area contributed by atoms with Crippen LogP contribution in [0.3, 0.4) is 0 Å². The quantitative estimate of drug-likeness (QED) is 0.677. The first-order valence-corrected chi connectivity index (χ1v) is 10.6. The molecule has 1 aliphatic rings. The molecular weight excluding hydrogens is 382 g/mol. The first-order valence-electron chi connectivity index (χ1n) is 10.6. The number of carbonyl (C=O) groups is 2. The number of amides is 1. The second-order valence-corrected chi connectivity index (χ2v) is 7.66. The maximum absolute atomic E-state index is 12.4. The molecule has 1 aromatic carbocycles. The van der Waals surface area contributed by atoms with Crippen molar-refractivity contribution in [2.75, 3.05) is 13.2 Å². The van der Waals surface area contributed by atoms with Crippen molar-refractivity contribution in [1.82, 2.24) is 15.3 Å². The number of nitrogens with one attached hydrogen (secondary N) is 1. The number of carbonyl (C=O) groups excluding carboxylic acids is 2. The molecule has 0 aliphatic heterocycles. The summed E-state index contributed by atoms with van der Waals surface area (Å²) in [5.41, 5.74) is 2.60. The smallest absolute Gasteiger partial charge is 0.325 e. The van der Waals surface area contributed by atoms with Crippen molar-refractivity contribution < 1.29 is 19.4 Å². The second-order valence-electron chi connectivity index (χ2n) is 7.66. The zero-order chi connectivity index (χ0) is 21.5. The van der Waals surface area contributed by atoms with Gasteiger partial charge in [0.2, 0.25) is 0 Å². The predicted octanol–water partition coefficient (Wildman–Crippen LogP) is 3.42. The van der Waals surface area contributed by atoms with E-state index in [-0.39, 0.29) is 24.6 Å². The van der Waals surface area contributed by atoms with Crippen molar-refractivity contribution in [2.45, 2.75) is 58.3 Å². The molecule has 30 heavy (non-hydrogen) atoms. The summed E-state index contributed by atoms with van der Waals surface area (Å²) < 4.78 is 4.79. The van der Waals surface area contributed by atoms with Crippen molar-refractivity contribution in [3.05, 3.63) is 52.6 Å². The van der Waals surface area contributed by atoms with Gasteiger partial charge in [-0.15, -0.1) is 0 Å². The Morgan fingerprint density at radius 3 is 2.50 bits per heavy atom. The van der Waals surface area contributed by atoms with Gasteiger partial charge in [-0.3, -0.25) is 9.59 Å². The topological polar surface area (TPSA) is 101 Å². The SMILES string of the molecule is CCOC(=O)CNC(=O)c1nc(Cc2ccc(C3CCCCC3)cc2)nc(C)c1O. The lowest BCUT2D eigenvalue weighted by atomic mass is 9.84. The fraction of sp³-hybridized carbons (Fsp3) is 0.478. The monoisotopic (exact) mass is 411 g/mol. The third-order valence-electron chi connectivity index (χ3n) is 5.44. The van der Waals surface area contributed by atoms with Gasteiger partial charge in [0.15, 0.2) is 11.4 Å². The summed E-state index contributed by atoms with van der Waals surface area (Å²) >= 11 is 0. The number of hydrogen-bond acceptors (Lipinski definition) is 6. The molecule has 7 heteroatoms. The Morgan fingerprint density at radius 2 is 1.83 bits per heavy atom. The van der Waals surface area contributed by atoms with Gasteiger partial charge in [-0.1, -0.05) is 43.5 Å². The van der Waals surface area contributed by atoms with E-state index in [2.05, 4.69) is 39.6 Å². The van der Waals surface area contributed by atoms with Crippen LogP contribution in [-0.4, -0.2) is 40.1 Å². The van der Waals surface area contributed by atoms with E-state index in [1.54, 1.807) is 13.8 Å². The van der Waals surface area contributed by atoms with Gasteiger partial charge in [0.1, 0.15) is 12.4 Å². The van der Waals surface area contributed by atoms with Gasteiger partial charge >= 0.3 is 5.97 Å². The number of nitrogens with zero attached hydrogens (tertiary/aromatic N) is 2. The van der Waals surface area contributed by atoms with Crippen LogP contribution in [-0.2, 0) is 16.0 Å². The summed E-state index contributed by atoms with van der Waals surface area (Å²) in [5.74, 6) is -0.381. The number of ether oxygens (including phenoxy) is 1. The van der Waals surface area contributed by atoms with Crippen molar-refractivity contribution in [3.63, 3.8) is 0 Å². The minimum absolute atomic E-state index is 0.138. The van der Waals surface area contributed by atoms with Crippen LogP contribution < -0.4 is 5.32 Å². The van der Waals surface area contributed by atoms with E-state index < -0.39 is 11.9 Å². The number of rotatable bonds is 7. The molecule has 7 nitrogen and oxygen atoms in total. The zero-order valence-electron chi connectivity index (χ0n) is 17.6. The second kappa shape index (κ2) is 10.2. The molecule has 1 heterocycles. The first-order chi connectivity index (χ1) is 14.5. The maximum atomic E-state index is 12.4. The molecule has 3 rings (SSSR count). The minimum atomic E-state index is -0.639. The average molecular weight is 412 g/mol. The Hall–Kier alpha value is -2.96. The Balaban J connectivity index is 1.70. The molecule has 0 atom stereocenters. The predicted molar refractivity (Wildman–Crippen MR) is 112 cm³/mol. The molecule has 0 saturated heterocycles. The molecule has 0 radical (unpaired) electrons. The number of aromatic nitrogens is 2. The molecule has 2 aromatic rings. The molecule has 1 aliphatic carbocycles. The molecule has 1 aromatic heterocycles. The van der Waals surface area contributed by atoms with E-state index in [0.29, 0.717) is 23.9 Å². The molecular formula is C23H29N3O4. The van der Waals surface area contributed by atoms with Crippen LogP contribution in [0.25, 0.3) is 0 Å². The maximum Gasteiger partial charge on any atom is 0.325 e. The van der Waals surface area contributed by atoms with Crippen molar-refractivity contribution >= 4 is 11.9 Å². The fourth-order valence-electron chi connectivity index (χ4n) is 3.84. The molecule has 1 saturated carbocycles. The van der Waals surface area contributed by atoms with Gasteiger partial charge in [-0.2, -0.15) is 0 Å². The van der Waals surface area contributed by atoms with Gasteiger partial charge in [-0.05, 0) is 43.7 Å². The van der Waals surface area contributed by atoms with Crippen molar-refractivity contribution in [2.24, 2.45) is 0 Å². The lowest BCUT2D eigenvalue weighted by Gasteiger charge is -2.22. The highest BCUT2D eigenvalue weighted by atomic mass is 16.5. The number of aryl methyl sites for hydroxylation is 1. The van der Waals surface area contributed by atoms with Crippen LogP contribution in [0.15, 0.2) is 24.3 Å². The normalized spacial score (nSPS) is 14.3. The van der Waals surface area contributed by atoms with Crippen LogP contribution in [0, 0.1) is 6.92 Å². The lowest BCUT2D eigenvalue weighted by molar-refractivity contribution is -0.141. The molecule has 1 fully saturated rings. The molecule has 1 amide bonds. The van der Waals surface area contributed by atoms with Gasteiger partial charge in [-0.25, -0.2) is 9.97 Å². The van der Waals surface area contributed by atoms with E-state index in [1.165, 1.54) is 37.7 Å². The summed E-state index contributed by atoms with van der Waals surface area (Å²) in [5, 5.41) is 12.6. The Morgan fingerprint density at radius 1 is 1.13 bits per heavy atom. The van der Waals surface area contributed by atoms with E-state index in [4.69, 9.17) is 4.74 Å². The Labute approximate surface area is 176 Å². The number of hydrogen-bond donors (Lipinski definition) is 2. The summed E-state index contributed by atoms with van der Waals surface area (Å²) in [6, 6.07) is 8.50. The van der Waals surface area contributed by atoms with Crippen LogP contribution in [0.1, 0.15) is 78.1 Å². The highest BCUT2D eigenvalue weighted by Gasteiger charge is 2.19. The van der Waals surface area contributed by atoms with E-state index in [1.807, 2.05) is 0 Å². The van der Waals surface area contributed by atoms with Crippen LogP contribution >= 0.6 is 0 Å². The van der Waals surface area contributed by atoms with Gasteiger partial charge in [0, 0.05) is 6.42 Å². The standard InChI is InChI=1S/C23H29N3O4/c1-3-30-20(27)14-24-23(29)21-22(28)15(2)25-19(26-21)13-16-9-11-18(12-10-16)17-7-5-4-6-8-17/h9-12,17,28H,3-8,13-14H2,1-2H3,(H,24,29). The van der Waals surface area contributed by atoms with Gasteiger partial charge in [0.25, 0.3) is 5.91 Å². The van der Waals surface area contributed by atoms with Gasteiger partial charge in [0.05, 0.1) is 12.3 Å². The first kappa shape index (κ1) is 21.7. The van der Waals surface area contributed by atoms with E-state index in [0.717, 1.165) is 5.56 Å². The largest absolute Gasteiger partial charge is 0.504 e. The number of benzene rings is 1. The molecule has 0 spiro atoms. The van der Waals surface area contributed by atoms with Crippen molar-refractivity contribution in [3.8, 4) is 5.75 Å². The molecule has 160 valence electrons. The highest BCUT2D eigenvalue weighted by molar-refractivity contribution is 5.96. The third kappa shape index (κ3) is 5.55. The lowest BCUT2D eigenvalue weighted by Crippen LogP contribution is -2.31. The Bertz CT molecular complexity index is 890. The van der Waals surface area contributed by atoms with E-state index >= 15 is 0 Å². The third-order valence-corrected chi connectivity index (χ3v) is 5.44. The summed E-state index contributed by atoms with van der Waals surface area (Å²) in [6.07, 6.45) is 6.89. The average Bonchev–Trinajstić information content (AvgIpc) is 2.76. The van der Waals surface area contributed by atoms with Crippen LogP contribution in [0.4, 0.5) is 0 Å². The Kier molecular flexibility index (Phi) is 7.38. The molecule has 0 unspecified atom stereocenters. The zero-order valence-corrected chi connectivity index (χ0v) is 17.6. The number of esters is 1. The number of aromatic hydroxyl groups is 1. The summed E-state index contributed by atoms with van der Waals surface area (Å²) in [6.45, 7) is 3.26. The highest BCUT2D eigenvalue weighted by Crippen LogP contribution is 2.32. The minimum Gasteiger partial charge on any atom is -0.504 e. The molecule has 0 bridgehead atoms. The van der Waals surface area contributed by atoms with E-state index in [9.17, 15) is 14.7 Å². The summed E-state index contributed by atoms with van der Waals surface area (Å²) in [7, 11) is 0. The van der Waals surface area contributed by atoms with Gasteiger partial charge < -0.3 is 15.2 Å². The van der Waals surface area contributed by atoms with Crippen LogP contribution in [0.2, 0.25) is 0 Å². The molecule has 2 N–H and O–H groups in total. The van der Waals surface area contributed by atoms with Crippen molar-refractivity contribution in [1.29, 1.82) is 0 Å². The fourth-order valence-corrected chi connectivity index (χ4v) is 3.84. The van der Waals surface area contributed by atoms with Crippen LogP contribution in [0.5, 0.6) is 5.75 Å².